The molecule has 0 unspecified atom stereocenters. The summed E-state index contributed by atoms with van der Waals surface area (Å²) in [7, 11) is 0. The Morgan fingerprint density at radius 2 is 2.19 bits per heavy atom. The monoisotopic (exact) mass is 291 g/mol. The lowest BCUT2D eigenvalue weighted by Gasteiger charge is -2.09. The lowest BCUT2D eigenvalue weighted by atomic mass is 10.1. The molecule has 110 valence electrons. The molecule has 2 N–H and O–H groups in total. The predicted octanol–water partition coefficient (Wildman–Crippen LogP) is 2.51. The number of anilines is 1. The summed E-state index contributed by atoms with van der Waals surface area (Å²) in [4.78, 5) is 21.6. The number of nitro groups is 1. The van der Waals surface area contributed by atoms with Gasteiger partial charge in [-0.15, -0.1) is 0 Å². The maximum Gasteiger partial charge on any atom is 0.338 e. The summed E-state index contributed by atoms with van der Waals surface area (Å²) in [6, 6.07) is 3.90. The van der Waals surface area contributed by atoms with E-state index >= 15 is 0 Å². The van der Waals surface area contributed by atoms with Crippen LogP contribution in [-0.2, 0) is 6.54 Å². The number of rotatable bonds is 5. The predicted molar refractivity (Wildman–Crippen MR) is 73.4 cm³/mol. The number of carboxylic acid groups (broad SMARTS) is 1. The molecule has 21 heavy (non-hydrogen) atoms. The number of hydrogen-bond acceptors (Lipinski definition) is 6. The van der Waals surface area contributed by atoms with Crippen LogP contribution in [0.5, 0.6) is 0 Å². The van der Waals surface area contributed by atoms with Crippen molar-refractivity contribution in [2.45, 2.75) is 20.4 Å². The van der Waals surface area contributed by atoms with E-state index in [1.807, 2.05) is 0 Å². The SMILES string of the molecule is Cc1noc(C)c1CNc1c(C(=O)O)cccc1[N+](=O)[O-]. The van der Waals surface area contributed by atoms with E-state index in [9.17, 15) is 14.9 Å². The number of carbonyl (C=O) groups is 1. The number of hydrogen-bond donors (Lipinski definition) is 2. The normalized spacial score (nSPS) is 10.4. The van der Waals surface area contributed by atoms with E-state index in [1.54, 1.807) is 13.8 Å². The molecular weight excluding hydrogens is 278 g/mol. The summed E-state index contributed by atoms with van der Waals surface area (Å²) >= 11 is 0. The van der Waals surface area contributed by atoms with Gasteiger partial charge in [-0.1, -0.05) is 11.2 Å². The van der Waals surface area contributed by atoms with Crippen LogP contribution in [-0.4, -0.2) is 21.2 Å². The number of aryl methyl sites for hydroxylation is 2. The van der Waals surface area contributed by atoms with Crippen LogP contribution in [0.15, 0.2) is 22.7 Å². The topological polar surface area (TPSA) is 118 Å². The Balaban J connectivity index is 2.38. The molecule has 0 saturated carbocycles. The van der Waals surface area contributed by atoms with Crippen molar-refractivity contribution in [1.82, 2.24) is 5.16 Å². The number of benzene rings is 1. The average molecular weight is 291 g/mol. The fourth-order valence-corrected chi connectivity index (χ4v) is 1.99. The molecule has 1 heterocycles. The van der Waals surface area contributed by atoms with Gasteiger partial charge in [0.05, 0.1) is 16.2 Å². The molecule has 0 bridgehead atoms. The fraction of sp³-hybridized carbons (Fsp3) is 0.231. The maximum absolute atomic E-state index is 11.2. The Kier molecular flexibility index (Phi) is 3.88. The number of nitrogens with zero attached hydrogens (tertiary/aromatic N) is 2. The largest absolute Gasteiger partial charge is 0.478 e. The van der Waals surface area contributed by atoms with Crippen molar-refractivity contribution in [3.8, 4) is 0 Å². The highest BCUT2D eigenvalue weighted by atomic mass is 16.6. The summed E-state index contributed by atoms with van der Waals surface area (Å²) < 4.78 is 5.00. The van der Waals surface area contributed by atoms with Gasteiger partial charge in [-0.3, -0.25) is 10.1 Å². The van der Waals surface area contributed by atoms with Gasteiger partial charge in [0.25, 0.3) is 5.69 Å². The van der Waals surface area contributed by atoms with E-state index in [4.69, 9.17) is 9.63 Å². The summed E-state index contributed by atoms with van der Waals surface area (Å²) in [5.74, 6) is -0.657. The van der Waals surface area contributed by atoms with Gasteiger partial charge >= 0.3 is 5.97 Å². The molecule has 0 amide bonds. The summed E-state index contributed by atoms with van der Waals surface area (Å²) in [5, 5.41) is 26.8. The molecule has 0 aliphatic heterocycles. The molecule has 2 rings (SSSR count). The smallest absolute Gasteiger partial charge is 0.338 e. The molecule has 0 fully saturated rings. The lowest BCUT2D eigenvalue weighted by molar-refractivity contribution is -0.384. The minimum Gasteiger partial charge on any atom is -0.478 e. The van der Waals surface area contributed by atoms with Gasteiger partial charge < -0.3 is 14.9 Å². The third-order valence-corrected chi connectivity index (χ3v) is 3.09. The first-order valence-corrected chi connectivity index (χ1v) is 6.08. The second kappa shape index (κ2) is 5.61. The molecule has 2 aromatic rings. The standard InChI is InChI=1S/C13H13N3O5/c1-7-10(8(2)21-15-7)6-14-12-9(13(17)18)4-3-5-11(12)16(19)20/h3-5,14H,6H2,1-2H3,(H,17,18). The second-order valence-electron chi connectivity index (χ2n) is 4.42. The van der Waals surface area contributed by atoms with Gasteiger partial charge in [-0.2, -0.15) is 0 Å². The van der Waals surface area contributed by atoms with Crippen LogP contribution >= 0.6 is 0 Å². The van der Waals surface area contributed by atoms with Crippen LogP contribution in [0.4, 0.5) is 11.4 Å². The quantitative estimate of drug-likeness (QED) is 0.641. The highest BCUT2D eigenvalue weighted by Gasteiger charge is 2.21. The molecule has 1 aromatic carbocycles. The Morgan fingerprint density at radius 3 is 2.71 bits per heavy atom. The molecule has 0 aliphatic rings. The number of aromatic nitrogens is 1. The third-order valence-electron chi connectivity index (χ3n) is 3.09. The van der Waals surface area contributed by atoms with Crippen LogP contribution in [0, 0.1) is 24.0 Å². The molecule has 8 heteroatoms. The van der Waals surface area contributed by atoms with Crippen LogP contribution in [0.2, 0.25) is 0 Å². The Hall–Kier alpha value is -2.90. The summed E-state index contributed by atoms with van der Waals surface area (Å²) in [6.45, 7) is 3.64. The van der Waals surface area contributed by atoms with Crippen LogP contribution in [0.3, 0.4) is 0 Å². The van der Waals surface area contributed by atoms with Gasteiger partial charge in [0.15, 0.2) is 0 Å². The molecule has 0 saturated heterocycles. The van der Waals surface area contributed by atoms with Gasteiger partial charge in [-0.05, 0) is 19.9 Å². The highest BCUT2D eigenvalue weighted by Crippen LogP contribution is 2.29. The first-order chi connectivity index (χ1) is 9.91. The van der Waals surface area contributed by atoms with Crippen molar-refractivity contribution < 1.29 is 19.3 Å². The average Bonchev–Trinajstić information content (AvgIpc) is 2.75. The zero-order valence-electron chi connectivity index (χ0n) is 11.4. The first-order valence-electron chi connectivity index (χ1n) is 6.08. The molecule has 8 nitrogen and oxygen atoms in total. The van der Waals surface area contributed by atoms with Gasteiger partial charge in [-0.25, -0.2) is 4.79 Å². The summed E-state index contributed by atoms with van der Waals surface area (Å²) in [6.07, 6.45) is 0. The van der Waals surface area contributed by atoms with Crippen LogP contribution in [0.1, 0.15) is 27.4 Å². The number of carboxylic acids is 1. The molecule has 1 aromatic heterocycles. The van der Waals surface area contributed by atoms with Crippen LogP contribution < -0.4 is 5.32 Å². The zero-order valence-corrected chi connectivity index (χ0v) is 11.4. The minimum atomic E-state index is -1.24. The van der Waals surface area contributed by atoms with Gasteiger partial charge in [0, 0.05) is 18.2 Å². The number of nitrogens with one attached hydrogen (secondary N) is 1. The third kappa shape index (κ3) is 2.83. The fourth-order valence-electron chi connectivity index (χ4n) is 1.99. The number of aromatic carboxylic acids is 1. The molecule has 0 radical (unpaired) electrons. The Bertz CT molecular complexity index is 656. The van der Waals surface area contributed by atoms with Crippen molar-refractivity contribution in [2.75, 3.05) is 5.32 Å². The second-order valence-corrected chi connectivity index (χ2v) is 4.42. The summed E-state index contributed by atoms with van der Waals surface area (Å²) in [5.41, 5.74) is 0.910. The molecule has 0 atom stereocenters. The van der Waals surface area contributed by atoms with Crippen molar-refractivity contribution in [1.29, 1.82) is 0 Å². The van der Waals surface area contributed by atoms with E-state index in [2.05, 4.69) is 10.5 Å². The van der Waals surface area contributed by atoms with Gasteiger partial charge in [0.1, 0.15) is 11.4 Å². The van der Waals surface area contributed by atoms with E-state index in [0.717, 1.165) is 5.56 Å². The minimum absolute atomic E-state index is 0.0324. The Morgan fingerprint density at radius 1 is 1.48 bits per heavy atom. The maximum atomic E-state index is 11.2. The first kappa shape index (κ1) is 14.5. The van der Waals surface area contributed by atoms with E-state index in [-0.39, 0.29) is 23.5 Å². The number of para-hydroxylation sites is 1. The number of nitro benzene ring substituents is 1. The highest BCUT2D eigenvalue weighted by molar-refractivity contribution is 5.96. The van der Waals surface area contributed by atoms with E-state index in [1.165, 1.54) is 18.2 Å². The Labute approximate surface area is 119 Å². The van der Waals surface area contributed by atoms with Crippen molar-refractivity contribution in [2.24, 2.45) is 0 Å². The van der Waals surface area contributed by atoms with E-state index in [0.29, 0.717) is 11.5 Å². The van der Waals surface area contributed by atoms with Crippen molar-refractivity contribution in [3.63, 3.8) is 0 Å². The molecular formula is C13H13N3O5. The van der Waals surface area contributed by atoms with Crippen LogP contribution in [0.25, 0.3) is 0 Å². The van der Waals surface area contributed by atoms with Crippen molar-refractivity contribution in [3.05, 3.63) is 50.9 Å². The lowest BCUT2D eigenvalue weighted by Crippen LogP contribution is -2.09. The molecule has 0 spiro atoms. The molecule has 0 aliphatic carbocycles. The van der Waals surface area contributed by atoms with E-state index < -0.39 is 10.9 Å². The zero-order chi connectivity index (χ0) is 15.6. The van der Waals surface area contributed by atoms with Gasteiger partial charge in [0.2, 0.25) is 0 Å². The van der Waals surface area contributed by atoms with Crippen molar-refractivity contribution >= 4 is 17.3 Å².